The highest BCUT2D eigenvalue weighted by Crippen LogP contribution is 2.14. The Bertz CT molecular complexity index is 804. The Labute approximate surface area is 303 Å². The highest BCUT2D eigenvalue weighted by molar-refractivity contribution is 5.71. The molecule has 0 aliphatic heterocycles. The van der Waals surface area contributed by atoms with Crippen LogP contribution in [0.1, 0.15) is 213 Å². The summed E-state index contributed by atoms with van der Waals surface area (Å²) < 4.78 is 16.6. The highest BCUT2D eigenvalue weighted by Gasteiger charge is 2.19. The third kappa shape index (κ3) is 37.0. The number of hydrogen-bond acceptors (Lipinski definition) is 6. The van der Waals surface area contributed by atoms with Crippen molar-refractivity contribution in [1.82, 2.24) is 0 Å². The maximum atomic E-state index is 12.6. The van der Waals surface area contributed by atoms with Crippen LogP contribution < -0.4 is 0 Å². The van der Waals surface area contributed by atoms with Crippen LogP contribution in [0.3, 0.4) is 0 Å². The zero-order valence-corrected chi connectivity index (χ0v) is 32.5. The summed E-state index contributed by atoms with van der Waals surface area (Å²) in [4.78, 5) is 37.5. The highest BCUT2D eigenvalue weighted by atomic mass is 16.6. The molecule has 6 heteroatoms. The van der Waals surface area contributed by atoms with E-state index in [0.29, 0.717) is 19.3 Å². The molecule has 0 bridgehead atoms. The molecule has 0 fully saturated rings. The lowest BCUT2D eigenvalue weighted by atomic mass is 10.1. The van der Waals surface area contributed by atoms with Crippen LogP contribution in [0.2, 0.25) is 0 Å². The molecular weight excluding hydrogens is 612 g/mol. The summed E-state index contributed by atoms with van der Waals surface area (Å²) in [5, 5.41) is 0. The van der Waals surface area contributed by atoms with Crippen LogP contribution in [0, 0.1) is 0 Å². The standard InChI is InChI=1S/C43H78O6/c1-4-7-10-13-16-19-21-22-25-27-30-33-36-42(45)48-39-40(38-47-41(44)35-32-29-26-23-18-15-12-9-6-3)49-43(46)37-34-31-28-24-20-17-14-11-8-5-2/h7,10,16,19,40H,4-6,8-9,11-15,17-18,20-39H2,1-3H3/b10-7-,19-16-. The van der Waals surface area contributed by atoms with Crippen molar-refractivity contribution < 1.29 is 28.6 Å². The minimum Gasteiger partial charge on any atom is -0.462 e. The Morgan fingerprint density at radius 3 is 1.22 bits per heavy atom. The summed E-state index contributed by atoms with van der Waals surface area (Å²) in [6.07, 6.45) is 40.2. The van der Waals surface area contributed by atoms with Gasteiger partial charge in [0.1, 0.15) is 13.2 Å². The van der Waals surface area contributed by atoms with Crippen LogP contribution >= 0.6 is 0 Å². The molecule has 0 saturated carbocycles. The fourth-order valence-electron chi connectivity index (χ4n) is 5.83. The molecule has 0 aromatic carbocycles. The third-order valence-corrected chi connectivity index (χ3v) is 8.97. The molecule has 0 rings (SSSR count). The summed E-state index contributed by atoms with van der Waals surface area (Å²) >= 11 is 0. The van der Waals surface area contributed by atoms with Gasteiger partial charge in [-0.05, 0) is 44.9 Å². The SMILES string of the molecule is CC/C=C\C/C=C\CCCCCCCC(=O)OCC(COC(=O)CCCCCCCCCCC)OC(=O)CCCCCCCCCCCC. The largest absolute Gasteiger partial charge is 0.462 e. The van der Waals surface area contributed by atoms with Crippen molar-refractivity contribution in [2.24, 2.45) is 0 Å². The zero-order valence-electron chi connectivity index (χ0n) is 32.5. The van der Waals surface area contributed by atoms with Crippen molar-refractivity contribution in [3.63, 3.8) is 0 Å². The molecule has 0 N–H and O–H groups in total. The van der Waals surface area contributed by atoms with Gasteiger partial charge in [0.15, 0.2) is 6.10 Å². The van der Waals surface area contributed by atoms with Crippen molar-refractivity contribution in [3.05, 3.63) is 24.3 Å². The lowest BCUT2D eigenvalue weighted by molar-refractivity contribution is -0.167. The Morgan fingerprint density at radius 1 is 0.429 bits per heavy atom. The molecule has 49 heavy (non-hydrogen) atoms. The third-order valence-electron chi connectivity index (χ3n) is 8.97. The van der Waals surface area contributed by atoms with Crippen LogP contribution in [0.15, 0.2) is 24.3 Å². The molecule has 286 valence electrons. The number of carbonyl (C=O) groups excluding carboxylic acids is 3. The predicted octanol–water partition coefficient (Wildman–Crippen LogP) is 12.9. The van der Waals surface area contributed by atoms with E-state index < -0.39 is 6.10 Å². The van der Waals surface area contributed by atoms with Gasteiger partial charge in [0.25, 0.3) is 0 Å². The Balaban J connectivity index is 4.37. The van der Waals surface area contributed by atoms with Crippen LogP contribution in [0.25, 0.3) is 0 Å². The smallest absolute Gasteiger partial charge is 0.306 e. The van der Waals surface area contributed by atoms with Gasteiger partial charge in [-0.3, -0.25) is 14.4 Å². The molecule has 0 aliphatic carbocycles. The maximum Gasteiger partial charge on any atom is 0.306 e. The van der Waals surface area contributed by atoms with Gasteiger partial charge in [-0.1, -0.05) is 173 Å². The summed E-state index contributed by atoms with van der Waals surface area (Å²) in [6, 6.07) is 0. The van der Waals surface area contributed by atoms with Gasteiger partial charge in [0.05, 0.1) is 0 Å². The fraction of sp³-hybridized carbons (Fsp3) is 0.837. The van der Waals surface area contributed by atoms with Crippen LogP contribution in [-0.2, 0) is 28.6 Å². The summed E-state index contributed by atoms with van der Waals surface area (Å²) in [5.41, 5.74) is 0. The van der Waals surface area contributed by atoms with E-state index in [4.69, 9.17) is 14.2 Å². The second-order valence-electron chi connectivity index (χ2n) is 13.9. The second kappa shape index (κ2) is 38.7. The first-order chi connectivity index (χ1) is 24.0. The molecule has 0 heterocycles. The average Bonchev–Trinajstić information content (AvgIpc) is 3.10. The lowest BCUT2D eigenvalue weighted by Gasteiger charge is -2.18. The Hall–Kier alpha value is -2.11. The number of hydrogen-bond donors (Lipinski definition) is 0. The van der Waals surface area contributed by atoms with Crippen molar-refractivity contribution >= 4 is 17.9 Å². The van der Waals surface area contributed by atoms with E-state index >= 15 is 0 Å². The van der Waals surface area contributed by atoms with Gasteiger partial charge in [0.2, 0.25) is 0 Å². The predicted molar refractivity (Wildman–Crippen MR) is 206 cm³/mol. The number of allylic oxidation sites excluding steroid dienone is 4. The normalized spacial score (nSPS) is 12.1. The molecule has 0 aromatic heterocycles. The summed E-state index contributed by atoms with van der Waals surface area (Å²) in [7, 11) is 0. The summed E-state index contributed by atoms with van der Waals surface area (Å²) in [6.45, 7) is 6.47. The van der Waals surface area contributed by atoms with Crippen molar-refractivity contribution in [2.75, 3.05) is 13.2 Å². The lowest BCUT2D eigenvalue weighted by Crippen LogP contribution is -2.30. The van der Waals surface area contributed by atoms with E-state index in [9.17, 15) is 14.4 Å². The van der Waals surface area contributed by atoms with Gasteiger partial charge in [-0.2, -0.15) is 0 Å². The number of unbranched alkanes of at least 4 members (excludes halogenated alkanes) is 22. The van der Waals surface area contributed by atoms with Crippen LogP contribution in [-0.4, -0.2) is 37.2 Å². The number of esters is 3. The first-order valence-electron chi connectivity index (χ1n) is 20.8. The van der Waals surface area contributed by atoms with Gasteiger partial charge in [0, 0.05) is 19.3 Å². The molecular formula is C43H78O6. The molecule has 0 aromatic rings. The Kier molecular flexibility index (Phi) is 37.0. The van der Waals surface area contributed by atoms with Gasteiger partial charge < -0.3 is 14.2 Å². The van der Waals surface area contributed by atoms with Crippen molar-refractivity contribution in [3.8, 4) is 0 Å². The molecule has 6 nitrogen and oxygen atoms in total. The minimum atomic E-state index is -0.767. The van der Waals surface area contributed by atoms with Crippen molar-refractivity contribution in [2.45, 2.75) is 219 Å². The average molecular weight is 691 g/mol. The number of rotatable bonds is 37. The van der Waals surface area contributed by atoms with E-state index in [0.717, 1.165) is 83.5 Å². The van der Waals surface area contributed by atoms with E-state index in [-0.39, 0.29) is 31.1 Å². The topological polar surface area (TPSA) is 78.9 Å². The van der Waals surface area contributed by atoms with E-state index in [1.54, 1.807) is 0 Å². The summed E-state index contributed by atoms with van der Waals surface area (Å²) in [5.74, 6) is -0.892. The van der Waals surface area contributed by atoms with E-state index in [2.05, 4.69) is 45.1 Å². The second-order valence-corrected chi connectivity index (χ2v) is 13.9. The molecule has 1 atom stereocenters. The van der Waals surface area contributed by atoms with Gasteiger partial charge >= 0.3 is 17.9 Å². The Morgan fingerprint density at radius 2 is 0.796 bits per heavy atom. The molecule has 0 saturated heterocycles. The number of carbonyl (C=O) groups is 3. The van der Waals surface area contributed by atoms with Gasteiger partial charge in [-0.15, -0.1) is 0 Å². The van der Waals surface area contributed by atoms with E-state index in [1.165, 1.54) is 89.9 Å². The molecule has 0 aliphatic rings. The first kappa shape index (κ1) is 46.9. The van der Waals surface area contributed by atoms with Crippen molar-refractivity contribution in [1.29, 1.82) is 0 Å². The quantitative estimate of drug-likeness (QED) is 0.0279. The molecule has 1 unspecified atom stereocenters. The van der Waals surface area contributed by atoms with E-state index in [1.807, 2.05) is 0 Å². The van der Waals surface area contributed by atoms with Crippen LogP contribution in [0.4, 0.5) is 0 Å². The van der Waals surface area contributed by atoms with Gasteiger partial charge in [-0.25, -0.2) is 0 Å². The maximum absolute atomic E-state index is 12.6. The fourth-order valence-corrected chi connectivity index (χ4v) is 5.83. The molecule has 0 spiro atoms. The molecule has 0 radical (unpaired) electrons. The monoisotopic (exact) mass is 691 g/mol. The minimum absolute atomic E-state index is 0.0728. The number of ether oxygens (including phenoxy) is 3. The first-order valence-corrected chi connectivity index (χ1v) is 20.8. The van der Waals surface area contributed by atoms with Crippen LogP contribution in [0.5, 0.6) is 0 Å². The zero-order chi connectivity index (χ0) is 35.9. The molecule has 0 amide bonds.